The predicted octanol–water partition coefficient (Wildman–Crippen LogP) is 5.98. The summed E-state index contributed by atoms with van der Waals surface area (Å²) in [6.07, 6.45) is 2.77. The molecule has 0 amide bonds. The van der Waals surface area contributed by atoms with Crippen molar-refractivity contribution in [3.05, 3.63) is 60.7 Å². The zero-order chi connectivity index (χ0) is 18.5. The van der Waals surface area contributed by atoms with Crippen LogP contribution in [0.4, 0.5) is 9.18 Å². The van der Waals surface area contributed by atoms with Crippen LogP contribution in [0, 0.1) is 5.82 Å². The summed E-state index contributed by atoms with van der Waals surface area (Å²) in [6.45, 7) is 5.38. The van der Waals surface area contributed by atoms with Gasteiger partial charge in [-0.15, -0.1) is 0 Å². The van der Waals surface area contributed by atoms with Gasteiger partial charge in [-0.1, -0.05) is 12.1 Å². The van der Waals surface area contributed by atoms with E-state index in [0.29, 0.717) is 5.52 Å². The predicted molar refractivity (Wildman–Crippen MR) is 98.7 cm³/mol. The molecule has 26 heavy (non-hydrogen) atoms. The van der Waals surface area contributed by atoms with Crippen LogP contribution in [-0.2, 0) is 4.74 Å². The van der Waals surface area contributed by atoms with Crippen LogP contribution in [0.25, 0.3) is 33.0 Å². The van der Waals surface area contributed by atoms with Crippen molar-refractivity contribution >= 4 is 28.0 Å². The first-order valence-electron chi connectivity index (χ1n) is 8.33. The van der Waals surface area contributed by atoms with E-state index in [1.54, 1.807) is 39.3 Å². The summed E-state index contributed by atoms with van der Waals surface area (Å²) in [4.78, 5) is 12.6. The molecule has 0 fully saturated rings. The van der Waals surface area contributed by atoms with Gasteiger partial charge in [-0.25, -0.2) is 9.18 Å². The Bertz CT molecular complexity index is 1130. The molecule has 0 saturated carbocycles. The molecule has 2 aromatic heterocycles. The van der Waals surface area contributed by atoms with Crippen molar-refractivity contribution in [3.63, 3.8) is 0 Å². The van der Waals surface area contributed by atoms with E-state index in [0.717, 1.165) is 27.5 Å². The number of hydrogen-bond acceptors (Lipinski definition) is 3. The molecule has 0 unspecified atom stereocenters. The molecular formula is C21H18FNO3. The molecule has 5 heteroatoms. The van der Waals surface area contributed by atoms with E-state index in [2.05, 4.69) is 0 Å². The fourth-order valence-corrected chi connectivity index (χ4v) is 3.01. The van der Waals surface area contributed by atoms with E-state index < -0.39 is 17.5 Å². The number of aromatic nitrogens is 1. The summed E-state index contributed by atoms with van der Waals surface area (Å²) in [5.41, 5.74) is 2.26. The lowest BCUT2D eigenvalue weighted by Crippen LogP contribution is -2.26. The Balaban J connectivity index is 1.91. The normalized spacial score (nSPS) is 12.0. The SMILES string of the molecule is CC(C)(C)OC(=O)n1cc(-c2ccc3ccoc3c2)c2ccc(F)cc21. The van der Waals surface area contributed by atoms with Crippen LogP contribution >= 0.6 is 0 Å². The van der Waals surface area contributed by atoms with E-state index in [9.17, 15) is 9.18 Å². The third-order valence-electron chi connectivity index (χ3n) is 4.13. The molecule has 4 nitrogen and oxygen atoms in total. The molecule has 2 heterocycles. The van der Waals surface area contributed by atoms with E-state index in [1.165, 1.54) is 16.7 Å². The van der Waals surface area contributed by atoms with Gasteiger partial charge < -0.3 is 9.15 Å². The molecule has 0 saturated heterocycles. The number of hydrogen-bond donors (Lipinski definition) is 0. The molecule has 0 bridgehead atoms. The maximum atomic E-state index is 13.8. The molecular weight excluding hydrogens is 333 g/mol. The van der Waals surface area contributed by atoms with E-state index in [4.69, 9.17) is 9.15 Å². The lowest BCUT2D eigenvalue weighted by atomic mass is 10.0. The maximum Gasteiger partial charge on any atom is 0.419 e. The van der Waals surface area contributed by atoms with Crippen LogP contribution in [0.5, 0.6) is 0 Å². The lowest BCUT2D eigenvalue weighted by Gasteiger charge is -2.19. The largest absolute Gasteiger partial charge is 0.464 e. The highest BCUT2D eigenvalue weighted by atomic mass is 19.1. The van der Waals surface area contributed by atoms with Crippen LogP contribution in [0.2, 0.25) is 0 Å². The first kappa shape index (κ1) is 16.4. The number of furan rings is 1. The average Bonchev–Trinajstić information content (AvgIpc) is 3.16. The highest BCUT2D eigenvalue weighted by Gasteiger charge is 2.21. The van der Waals surface area contributed by atoms with Gasteiger partial charge in [0.2, 0.25) is 0 Å². The first-order chi connectivity index (χ1) is 12.3. The minimum Gasteiger partial charge on any atom is -0.464 e. The number of benzene rings is 2. The Morgan fingerprint density at radius 1 is 1.12 bits per heavy atom. The number of carbonyl (C=O) groups excluding carboxylic acids is 1. The fourth-order valence-electron chi connectivity index (χ4n) is 3.01. The highest BCUT2D eigenvalue weighted by molar-refractivity contribution is 6.01. The van der Waals surface area contributed by atoms with Crippen LogP contribution < -0.4 is 0 Å². The van der Waals surface area contributed by atoms with Crippen molar-refractivity contribution < 1.29 is 18.3 Å². The zero-order valence-electron chi connectivity index (χ0n) is 14.7. The molecule has 0 aliphatic carbocycles. The van der Waals surface area contributed by atoms with Crippen molar-refractivity contribution in [2.75, 3.05) is 0 Å². The van der Waals surface area contributed by atoms with Gasteiger partial charge in [-0.2, -0.15) is 0 Å². The van der Waals surface area contributed by atoms with Crippen molar-refractivity contribution in [1.29, 1.82) is 0 Å². The maximum absolute atomic E-state index is 13.8. The summed E-state index contributed by atoms with van der Waals surface area (Å²) >= 11 is 0. The van der Waals surface area contributed by atoms with Crippen molar-refractivity contribution in [2.45, 2.75) is 26.4 Å². The molecule has 4 aromatic rings. The second-order valence-corrected chi connectivity index (χ2v) is 7.23. The van der Waals surface area contributed by atoms with Gasteiger partial charge in [0, 0.05) is 22.5 Å². The Morgan fingerprint density at radius 3 is 2.69 bits per heavy atom. The molecule has 0 spiro atoms. The lowest BCUT2D eigenvalue weighted by molar-refractivity contribution is 0.0544. The highest BCUT2D eigenvalue weighted by Crippen LogP contribution is 2.33. The van der Waals surface area contributed by atoms with Crippen molar-refractivity contribution in [2.24, 2.45) is 0 Å². The molecule has 0 aliphatic rings. The molecule has 0 N–H and O–H groups in total. The van der Waals surface area contributed by atoms with Gasteiger partial charge in [-0.05, 0) is 56.7 Å². The summed E-state index contributed by atoms with van der Waals surface area (Å²) in [5.74, 6) is -0.409. The van der Waals surface area contributed by atoms with Crippen molar-refractivity contribution in [1.82, 2.24) is 4.57 Å². The topological polar surface area (TPSA) is 44.4 Å². The van der Waals surface area contributed by atoms with Gasteiger partial charge in [0.15, 0.2) is 0 Å². The first-order valence-corrected chi connectivity index (χ1v) is 8.33. The molecule has 4 rings (SSSR count). The minimum atomic E-state index is -0.645. The van der Waals surface area contributed by atoms with Crippen LogP contribution in [0.1, 0.15) is 20.8 Å². The molecule has 132 valence electrons. The van der Waals surface area contributed by atoms with E-state index >= 15 is 0 Å². The summed E-state index contributed by atoms with van der Waals surface area (Å²) in [6, 6.07) is 12.1. The quantitative estimate of drug-likeness (QED) is 0.424. The van der Waals surface area contributed by atoms with Crippen molar-refractivity contribution in [3.8, 4) is 11.1 Å². The number of rotatable bonds is 1. The Hall–Kier alpha value is -3.08. The van der Waals surface area contributed by atoms with Gasteiger partial charge in [0.1, 0.15) is 17.0 Å². The third-order valence-corrected chi connectivity index (χ3v) is 4.13. The third kappa shape index (κ3) is 2.86. The Kier molecular flexibility index (Phi) is 3.61. The number of carbonyl (C=O) groups is 1. The minimum absolute atomic E-state index is 0.409. The average molecular weight is 351 g/mol. The summed E-state index contributed by atoms with van der Waals surface area (Å²) in [7, 11) is 0. The second-order valence-electron chi connectivity index (χ2n) is 7.23. The number of ether oxygens (including phenoxy) is 1. The van der Waals surface area contributed by atoms with Gasteiger partial charge in [-0.3, -0.25) is 4.57 Å². The van der Waals surface area contributed by atoms with Gasteiger partial charge >= 0.3 is 6.09 Å². The number of fused-ring (bicyclic) bond motifs is 2. The fraction of sp³-hybridized carbons (Fsp3) is 0.190. The standard InChI is InChI=1S/C21H18FNO3/c1-21(2,3)26-20(24)23-12-17(16-7-6-15(22)11-18(16)23)14-5-4-13-8-9-25-19(13)10-14/h4-12H,1-3H3. The molecule has 2 aromatic carbocycles. The summed E-state index contributed by atoms with van der Waals surface area (Å²) < 4.78 is 26.1. The number of halogens is 1. The second kappa shape index (κ2) is 5.73. The Morgan fingerprint density at radius 2 is 1.92 bits per heavy atom. The van der Waals surface area contributed by atoms with Crippen LogP contribution in [-0.4, -0.2) is 16.3 Å². The van der Waals surface area contributed by atoms with Gasteiger partial charge in [0.25, 0.3) is 0 Å². The monoisotopic (exact) mass is 351 g/mol. The number of nitrogens with zero attached hydrogens (tertiary/aromatic N) is 1. The van der Waals surface area contributed by atoms with Crippen LogP contribution in [0.15, 0.2) is 59.3 Å². The zero-order valence-corrected chi connectivity index (χ0v) is 14.7. The molecule has 0 radical (unpaired) electrons. The van der Waals surface area contributed by atoms with E-state index in [1.807, 2.05) is 24.3 Å². The smallest absolute Gasteiger partial charge is 0.419 e. The van der Waals surface area contributed by atoms with Crippen LogP contribution in [0.3, 0.4) is 0 Å². The summed E-state index contributed by atoms with van der Waals surface area (Å²) in [5, 5.41) is 1.76. The Labute approximate surface area is 149 Å². The molecule has 0 atom stereocenters. The van der Waals surface area contributed by atoms with Gasteiger partial charge in [0.05, 0.1) is 11.8 Å². The van der Waals surface area contributed by atoms with E-state index in [-0.39, 0.29) is 0 Å². The molecule has 0 aliphatic heterocycles.